The fourth-order valence-corrected chi connectivity index (χ4v) is 4.03. The number of aryl methyl sites for hydroxylation is 1. The third kappa shape index (κ3) is 5.68. The first-order valence-electron chi connectivity index (χ1n) is 11.5. The highest BCUT2D eigenvalue weighted by Gasteiger charge is 2.31. The van der Waals surface area contributed by atoms with Crippen LogP contribution in [0.5, 0.6) is 11.5 Å². The zero-order valence-corrected chi connectivity index (χ0v) is 19.5. The standard InChI is InChI=1S/C25H24F3N5O3/c1-16-21-12-20(9-10-22(21)33(32-16)23-4-2-3-11-34-23)35-15-17-13-29-24(30-14-17)31-18-5-7-19(8-6-18)36-25(26,27)28/h5-10,12-14,23H,2-4,11,15H2,1H3,(H,29,30,31). The van der Waals surface area contributed by atoms with Crippen molar-refractivity contribution in [2.75, 3.05) is 11.9 Å². The van der Waals surface area contributed by atoms with Gasteiger partial charge in [-0.05, 0) is 68.7 Å². The van der Waals surface area contributed by atoms with Crippen LogP contribution in [0.4, 0.5) is 24.8 Å². The number of rotatable bonds is 7. The molecule has 1 aliphatic rings. The monoisotopic (exact) mass is 499 g/mol. The number of ether oxygens (including phenoxy) is 3. The molecule has 2 aromatic heterocycles. The lowest BCUT2D eigenvalue weighted by atomic mass is 10.1. The third-order valence-electron chi connectivity index (χ3n) is 5.75. The zero-order chi connectivity index (χ0) is 25.1. The van der Waals surface area contributed by atoms with Gasteiger partial charge in [-0.25, -0.2) is 14.6 Å². The maximum atomic E-state index is 12.3. The van der Waals surface area contributed by atoms with Crippen molar-refractivity contribution < 1.29 is 27.4 Å². The summed E-state index contributed by atoms with van der Waals surface area (Å²) in [7, 11) is 0. The molecular formula is C25H24F3N5O3. The lowest BCUT2D eigenvalue weighted by Crippen LogP contribution is -2.19. The molecule has 1 N–H and O–H groups in total. The quantitative estimate of drug-likeness (QED) is 0.331. The molecule has 2 aromatic carbocycles. The average molecular weight is 499 g/mol. The number of hydrogen-bond donors (Lipinski definition) is 1. The Hall–Kier alpha value is -3.86. The Morgan fingerprint density at radius 1 is 1.06 bits per heavy atom. The molecule has 36 heavy (non-hydrogen) atoms. The number of anilines is 2. The molecule has 0 spiro atoms. The van der Waals surface area contributed by atoms with Gasteiger partial charge >= 0.3 is 6.36 Å². The Bertz CT molecular complexity index is 1320. The van der Waals surface area contributed by atoms with Crippen LogP contribution < -0.4 is 14.8 Å². The summed E-state index contributed by atoms with van der Waals surface area (Å²) in [4.78, 5) is 8.49. The van der Waals surface area contributed by atoms with Gasteiger partial charge in [0, 0.05) is 35.6 Å². The fraction of sp³-hybridized carbons (Fsp3) is 0.320. The summed E-state index contributed by atoms with van der Waals surface area (Å²) in [5.41, 5.74) is 3.22. The molecule has 4 aromatic rings. The Labute approximate surface area is 205 Å². The van der Waals surface area contributed by atoms with Crippen molar-refractivity contribution in [3.05, 3.63) is 66.1 Å². The van der Waals surface area contributed by atoms with Crippen LogP contribution in [0, 0.1) is 6.92 Å². The number of nitrogens with one attached hydrogen (secondary N) is 1. The van der Waals surface area contributed by atoms with Crippen molar-refractivity contribution in [1.29, 1.82) is 0 Å². The number of aromatic nitrogens is 4. The molecule has 5 rings (SSSR count). The van der Waals surface area contributed by atoms with Crippen LogP contribution >= 0.6 is 0 Å². The summed E-state index contributed by atoms with van der Waals surface area (Å²) < 4.78 is 54.5. The van der Waals surface area contributed by atoms with Crippen LogP contribution in [0.15, 0.2) is 54.9 Å². The fourth-order valence-electron chi connectivity index (χ4n) is 4.03. The maximum absolute atomic E-state index is 12.3. The van der Waals surface area contributed by atoms with Crippen molar-refractivity contribution in [2.45, 2.75) is 45.4 Å². The molecular weight excluding hydrogens is 475 g/mol. The highest BCUT2D eigenvalue weighted by molar-refractivity contribution is 5.83. The molecule has 0 bridgehead atoms. The van der Waals surface area contributed by atoms with E-state index in [1.165, 1.54) is 24.3 Å². The van der Waals surface area contributed by atoms with Gasteiger partial charge in [-0.3, -0.25) is 0 Å². The van der Waals surface area contributed by atoms with Gasteiger partial charge in [0.25, 0.3) is 0 Å². The first-order valence-corrected chi connectivity index (χ1v) is 11.5. The third-order valence-corrected chi connectivity index (χ3v) is 5.75. The second-order valence-corrected chi connectivity index (χ2v) is 8.43. The Morgan fingerprint density at radius 3 is 2.50 bits per heavy atom. The second kappa shape index (κ2) is 10.0. The summed E-state index contributed by atoms with van der Waals surface area (Å²) in [5, 5.41) is 8.64. The van der Waals surface area contributed by atoms with Crippen molar-refractivity contribution in [3.8, 4) is 11.5 Å². The van der Waals surface area contributed by atoms with Gasteiger partial charge < -0.3 is 19.5 Å². The molecule has 0 aliphatic carbocycles. The summed E-state index contributed by atoms with van der Waals surface area (Å²) in [6, 6.07) is 11.2. The minimum Gasteiger partial charge on any atom is -0.489 e. The second-order valence-electron chi connectivity index (χ2n) is 8.43. The van der Waals surface area contributed by atoms with Gasteiger partial charge in [0.2, 0.25) is 5.95 Å². The molecule has 1 atom stereocenters. The van der Waals surface area contributed by atoms with E-state index >= 15 is 0 Å². The zero-order valence-electron chi connectivity index (χ0n) is 19.5. The molecule has 1 fully saturated rings. The van der Waals surface area contributed by atoms with Crippen LogP contribution in [0.3, 0.4) is 0 Å². The van der Waals surface area contributed by atoms with E-state index in [0.29, 0.717) is 17.4 Å². The summed E-state index contributed by atoms with van der Waals surface area (Å²) in [6.45, 7) is 3.00. The molecule has 1 unspecified atom stereocenters. The minimum atomic E-state index is -4.73. The topological polar surface area (TPSA) is 83.3 Å². The van der Waals surface area contributed by atoms with E-state index in [4.69, 9.17) is 9.47 Å². The van der Waals surface area contributed by atoms with Gasteiger partial charge in [0.1, 0.15) is 18.1 Å². The Balaban J connectivity index is 1.19. The predicted molar refractivity (Wildman–Crippen MR) is 126 cm³/mol. The molecule has 3 heterocycles. The summed E-state index contributed by atoms with van der Waals surface area (Å²) >= 11 is 0. The average Bonchev–Trinajstić information content (AvgIpc) is 3.20. The van der Waals surface area contributed by atoms with Crippen molar-refractivity contribution in [3.63, 3.8) is 0 Å². The maximum Gasteiger partial charge on any atom is 0.573 e. The molecule has 0 radical (unpaired) electrons. The van der Waals surface area contributed by atoms with E-state index in [1.807, 2.05) is 29.8 Å². The smallest absolute Gasteiger partial charge is 0.489 e. The first-order chi connectivity index (χ1) is 17.3. The van der Waals surface area contributed by atoms with E-state index < -0.39 is 6.36 Å². The van der Waals surface area contributed by atoms with Crippen LogP contribution in [0.1, 0.15) is 36.7 Å². The Morgan fingerprint density at radius 2 is 1.81 bits per heavy atom. The van der Waals surface area contributed by atoms with Crippen molar-refractivity contribution >= 4 is 22.5 Å². The summed E-state index contributed by atoms with van der Waals surface area (Å²) in [5.74, 6) is 0.709. The van der Waals surface area contributed by atoms with E-state index in [9.17, 15) is 13.2 Å². The molecule has 11 heteroatoms. The lowest BCUT2D eigenvalue weighted by molar-refractivity contribution is -0.274. The Kier molecular flexibility index (Phi) is 6.64. The lowest BCUT2D eigenvalue weighted by Gasteiger charge is -2.23. The number of fused-ring (bicyclic) bond motifs is 1. The number of hydrogen-bond acceptors (Lipinski definition) is 7. The molecule has 188 valence electrons. The van der Waals surface area contributed by atoms with Crippen molar-refractivity contribution in [1.82, 2.24) is 19.7 Å². The van der Waals surface area contributed by atoms with Crippen LogP contribution in [0.25, 0.3) is 10.9 Å². The van der Waals surface area contributed by atoms with Gasteiger partial charge in [-0.1, -0.05) is 0 Å². The van der Waals surface area contributed by atoms with Crippen LogP contribution in [-0.2, 0) is 11.3 Å². The highest BCUT2D eigenvalue weighted by Crippen LogP contribution is 2.30. The SMILES string of the molecule is Cc1nn(C2CCCCO2)c2ccc(OCc3cnc(Nc4ccc(OC(F)(F)F)cc4)nc3)cc12. The number of alkyl halides is 3. The van der Waals surface area contributed by atoms with Crippen LogP contribution in [0.2, 0.25) is 0 Å². The van der Waals surface area contributed by atoms with Gasteiger partial charge in [-0.2, -0.15) is 5.10 Å². The molecule has 0 saturated carbocycles. The molecule has 0 amide bonds. The van der Waals surface area contributed by atoms with Gasteiger partial charge in [0.05, 0.1) is 11.2 Å². The first kappa shape index (κ1) is 23.9. The normalized spacial score (nSPS) is 16.2. The van der Waals surface area contributed by atoms with E-state index in [2.05, 4.69) is 25.1 Å². The molecule has 1 saturated heterocycles. The van der Waals surface area contributed by atoms with Gasteiger partial charge in [0.15, 0.2) is 6.23 Å². The predicted octanol–water partition coefficient (Wildman–Crippen LogP) is 6.06. The van der Waals surface area contributed by atoms with E-state index in [1.54, 1.807) is 12.4 Å². The largest absolute Gasteiger partial charge is 0.573 e. The van der Waals surface area contributed by atoms with E-state index in [0.717, 1.165) is 48.0 Å². The number of halogens is 3. The van der Waals surface area contributed by atoms with E-state index in [-0.39, 0.29) is 18.6 Å². The summed E-state index contributed by atoms with van der Waals surface area (Å²) in [6.07, 6.45) is 1.66. The van der Waals surface area contributed by atoms with Crippen molar-refractivity contribution in [2.24, 2.45) is 0 Å². The minimum absolute atomic E-state index is 0.0304. The number of nitrogens with zero attached hydrogens (tertiary/aromatic N) is 4. The number of benzene rings is 2. The highest BCUT2D eigenvalue weighted by atomic mass is 19.4. The molecule has 1 aliphatic heterocycles. The van der Waals surface area contributed by atoms with Crippen LogP contribution in [-0.4, -0.2) is 32.7 Å². The molecule has 8 nitrogen and oxygen atoms in total. The van der Waals surface area contributed by atoms with Gasteiger partial charge in [-0.15, -0.1) is 13.2 Å².